The van der Waals surface area contributed by atoms with Crippen LogP contribution in [0.15, 0.2) is 24.3 Å². The fourth-order valence-electron chi connectivity index (χ4n) is 2.92. The van der Waals surface area contributed by atoms with E-state index < -0.39 is 0 Å². The van der Waals surface area contributed by atoms with Crippen molar-refractivity contribution >= 4 is 34.9 Å². The average molecular weight is 397 g/mol. The van der Waals surface area contributed by atoms with Crippen LogP contribution in [0.25, 0.3) is 11.3 Å². The standard InChI is InChI=1S/C18H22Cl2N4O2/c19-13-4-5-14(15(20)11-13)16-12-17(23-22-16)21-18(25)3-1-6-24-7-2-9-26-10-8-24/h4-5,11-12H,1-3,6-10H2,(H2,21,22,23,25). The number of nitrogens with one attached hydrogen (secondary N) is 2. The van der Waals surface area contributed by atoms with Gasteiger partial charge < -0.3 is 15.0 Å². The highest BCUT2D eigenvalue weighted by molar-refractivity contribution is 6.36. The highest BCUT2D eigenvalue weighted by Crippen LogP contribution is 2.30. The molecule has 0 unspecified atom stereocenters. The van der Waals surface area contributed by atoms with E-state index in [2.05, 4.69) is 20.4 Å². The normalized spacial score (nSPS) is 15.6. The summed E-state index contributed by atoms with van der Waals surface area (Å²) < 4.78 is 5.44. The largest absolute Gasteiger partial charge is 0.380 e. The molecule has 140 valence electrons. The van der Waals surface area contributed by atoms with Crippen LogP contribution >= 0.6 is 23.2 Å². The van der Waals surface area contributed by atoms with Crippen LogP contribution in [-0.4, -0.2) is 53.9 Å². The molecule has 0 saturated carbocycles. The molecule has 6 nitrogen and oxygen atoms in total. The Kier molecular flexibility index (Phi) is 6.91. The Labute approximate surface area is 162 Å². The van der Waals surface area contributed by atoms with E-state index in [1.54, 1.807) is 24.3 Å². The fourth-order valence-corrected chi connectivity index (χ4v) is 3.42. The Morgan fingerprint density at radius 1 is 1.27 bits per heavy atom. The molecule has 0 atom stereocenters. The highest BCUT2D eigenvalue weighted by Gasteiger charge is 2.12. The maximum Gasteiger partial charge on any atom is 0.225 e. The maximum absolute atomic E-state index is 12.1. The first-order valence-corrected chi connectivity index (χ1v) is 9.48. The Hall–Kier alpha value is -1.60. The third-order valence-electron chi connectivity index (χ3n) is 4.25. The number of carbonyl (C=O) groups excluding carboxylic acids is 1. The second-order valence-corrected chi connectivity index (χ2v) is 7.09. The summed E-state index contributed by atoms with van der Waals surface area (Å²) in [5.41, 5.74) is 1.42. The number of hydrogen-bond acceptors (Lipinski definition) is 4. The summed E-state index contributed by atoms with van der Waals surface area (Å²) >= 11 is 12.1. The van der Waals surface area contributed by atoms with Gasteiger partial charge in [0, 0.05) is 42.8 Å². The van der Waals surface area contributed by atoms with Gasteiger partial charge in [0.05, 0.1) is 17.3 Å². The summed E-state index contributed by atoms with van der Waals surface area (Å²) in [6.45, 7) is 4.49. The van der Waals surface area contributed by atoms with Crippen molar-refractivity contribution in [2.24, 2.45) is 0 Å². The molecule has 1 aromatic heterocycles. The zero-order valence-corrected chi connectivity index (χ0v) is 15.9. The minimum Gasteiger partial charge on any atom is -0.380 e. The van der Waals surface area contributed by atoms with Crippen LogP contribution in [0.1, 0.15) is 19.3 Å². The topological polar surface area (TPSA) is 70.2 Å². The van der Waals surface area contributed by atoms with E-state index in [0.29, 0.717) is 28.0 Å². The van der Waals surface area contributed by atoms with Gasteiger partial charge in [-0.05, 0) is 37.6 Å². The third-order valence-corrected chi connectivity index (χ3v) is 4.80. The molecule has 1 aliphatic rings. The predicted octanol–water partition coefficient (Wildman–Crippen LogP) is 3.82. The molecule has 2 aromatic rings. The zero-order chi connectivity index (χ0) is 18.4. The molecule has 2 N–H and O–H groups in total. The Balaban J connectivity index is 1.48. The number of rotatable bonds is 6. The number of aromatic amines is 1. The van der Waals surface area contributed by atoms with Gasteiger partial charge in [-0.3, -0.25) is 9.89 Å². The zero-order valence-electron chi connectivity index (χ0n) is 14.4. The lowest BCUT2D eigenvalue weighted by Gasteiger charge is -2.18. The van der Waals surface area contributed by atoms with Crippen LogP contribution in [-0.2, 0) is 9.53 Å². The molecule has 0 bridgehead atoms. The van der Waals surface area contributed by atoms with Crippen molar-refractivity contribution in [3.05, 3.63) is 34.3 Å². The molecule has 2 heterocycles. The number of H-pyrrole nitrogens is 1. The SMILES string of the molecule is O=C(CCCN1CCCOCC1)Nc1cc(-c2ccc(Cl)cc2Cl)n[nH]1. The van der Waals surface area contributed by atoms with Crippen LogP contribution in [0, 0.1) is 0 Å². The molecule has 1 fully saturated rings. The van der Waals surface area contributed by atoms with Crippen LogP contribution in [0.3, 0.4) is 0 Å². The van der Waals surface area contributed by atoms with E-state index in [-0.39, 0.29) is 5.91 Å². The van der Waals surface area contributed by atoms with Crippen molar-refractivity contribution in [2.75, 3.05) is 38.2 Å². The summed E-state index contributed by atoms with van der Waals surface area (Å²) in [5.74, 6) is 0.521. The van der Waals surface area contributed by atoms with Crippen LogP contribution in [0.2, 0.25) is 10.0 Å². The maximum atomic E-state index is 12.1. The number of ether oxygens (including phenoxy) is 1. The number of amides is 1. The van der Waals surface area contributed by atoms with Gasteiger partial charge in [-0.25, -0.2) is 0 Å². The number of anilines is 1. The van der Waals surface area contributed by atoms with Gasteiger partial charge in [0.2, 0.25) is 5.91 Å². The molecule has 0 radical (unpaired) electrons. The minimum absolute atomic E-state index is 0.0338. The second-order valence-electron chi connectivity index (χ2n) is 6.25. The smallest absolute Gasteiger partial charge is 0.225 e. The number of hydrogen-bond donors (Lipinski definition) is 2. The van der Waals surface area contributed by atoms with E-state index >= 15 is 0 Å². The van der Waals surface area contributed by atoms with Gasteiger partial charge in [-0.1, -0.05) is 23.2 Å². The lowest BCUT2D eigenvalue weighted by atomic mass is 10.1. The molecule has 1 saturated heterocycles. The van der Waals surface area contributed by atoms with Gasteiger partial charge in [0.15, 0.2) is 0 Å². The molecule has 1 aromatic carbocycles. The summed E-state index contributed by atoms with van der Waals surface area (Å²) in [6.07, 6.45) is 2.33. The average Bonchev–Trinajstić information content (AvgIpc) is 2.89. The van der Waals surface area contributed by atoms with E-state index in [4.69, 9.17) is 27.9 Å². The minimum atomic E-state index is -0.0338. The predicted molar refractivity (Wildman–Crippen MR) is 104 cm³/mol. The summed E-state index contributed by atoms with van der Waals surface area (Å²) in [5, 5.41) is 11.0. The Bertz CT molecular complexity index is 743. The molecular formula is C18H22Cl2N4O2. The van der Waals surface area contributed by atoms with Crippen LogP contribution < -0.4 is 5.32 Å². The molecule has 26 heavy (non-hydrogen) atoms. The van der Waals surface area contributed by atoms with E-state index in [0.717, 1.165) is 51.3 Å². The molecule has 3 rings (SSSR count). The number of benzene rings is 1. The monoisotopic (exact) mass is 396 g/mol. The lowest BCUT2D eigenvalue weighted by molar-refractivity contribution is -0.116. The molecule has 1 aliphatic heterocycles. The third kappa shape index (κ3) is 5.45. The van der Waals surface area contributed by atoms with Gasteiger partial charge >= 0.3 is 0 Å². The van der Waals surface area contributed by atoms with Gasteiger partial charge in [-0.15, -0.1) is 0 Å². The number of aromatic nitrogens is 2. The first-order chi connectivity index (χ1) is 12.6. The van der Waals surface area contributed by atoms with E-state index in [1.807, 2.05) is 0 Å². The fraction of sp³-hybridized carbons (Fsp3) is 0.444. The lowest BCUT2D eigenvalue weighted by Crippen LogP contribution is -2.28. The Morgan fingerprint density at radius 3 is 3.00 bits per heavy atom. The molecule has 0 aliphatic carbocycles. The summed E-state index contributed by atoms with van der Waals surface area (Å²) in [6, 6.07) is 6.99. The molecule has 1 amide bonds. The van der Waals surface area contributed by atoms with Crippen LogP contribution in [0.4, 0.5) is 5.82 Å². The van der Waals surface area contributed by atoms with Crippen molar-refractivity contribution < 1.29 is 9.53 Å². The number of carbonyl (C=O) groups is 1. The summed E-state index contributed by atoms with van der Waals surface area (Å²) in [7, 11) is 0. The van der Waals surface area contributed by atoms with Crippen molar-refractivity contribution in [2.45, 2.75) is 19.3 Å². The molecule has 8 heteroatoms. The van der Waals surface area contributed by atoms with Crippen molar-refractivity contribution in [3.8, 4) is 11.3 Å². The quantitative estimate of drug-likeness (QED) is 0.778. The van der Waals surface area contributed by atoms with E-state index in [1.165, 1.54) is 0 Å². The van der Waals surface area contributed by atoms with E-state index in [9.17, 15) is 4.79 Å². The number of nitrogens with zero attached hydrogens (tertiary/aromatic N) is 2. The van der Waals surface area contributed by atoms with Gasteiger partial charge in [0.25, 0.3) is 0 Å². The number of halogens is 2. The molecular weight excluding hydrogens is 375 g/mol. The Morgan fingerprint density at radius 2 is 2.15 bits per heavy atom. The first kappa shape index (κ1) is 19.2. The second kappa shape index (κ2) is 9.37. The van der Waals surface area contributed by atoms with Crippen LogP contribution in [0.5, 0.6) is 0 Å². The van der Waals surface area contributed by atoms with Crippen molar-refractivity contribution in [1.82, 2.24) is 15.1 Å². The first-order valence-electron chi connectivity index (χ1n) is 8.72. The summed E-state index contributed by atoms with van der Waals surface area (Å²) in [4.78, 5) is 14.5. The highest BCUT2D eigenvalue weighted by atomic mass is 35.5. The van der Waals surface area contributed by atoms with Gasteiger partial charge in [-0.2, -0.15) is 5.10 Å². The molecule has 0 spiro atoms. The van der Waals surface area contributed by atoms with Gasteiger partial charge in [0.1, 0.15) is 5.82 Å². The van der Waals surface area contributed by atoms with Crippen molar-refractivity contribution in [1.29, 1.82) is 0 Å². The van der Waals surface area contributed by atoms with Crippen molar-refractivity contribution in [3.63, 3.8) is 0 Å².